The van der Waals surface area contributed by atoms with E-state index in [2.05, 4.69) is 39.0 Å². The fourth-order valence-corrected chi connectivity index (χ4v) is 5.34. The van der Waals surface area contributed by atoms with Crippen molar-refractivity contribution < 1.29 is 24.1 Å². The van der Waals surface area contributed by atoms with Crippen molar-refractivity contribution in [3.63, 3.8) is 0 Å². The SMILES string of the molecule is CCCC/C=C\C=C\C1OC(=O)CC2C[C@H](O)CC(CC3CCC[C@H](C[C@@H](C)/C=C/[C@@H]1C)O3)O2. The third-order valence-electron chi connectivity index (χ3n) is 7.25. The molecule has 3 aliphatic heterocycles. The number of allylic oxidation sites excluding steroid dienone is 4. The quantitative estimate of drug-likeness (QED) is 0.227. The molecule has 0 radical (unpaired) electrons. The van der Waals surface area contributed by atoms with E-state index in [0.717, 1.165) is 32.1 Å². The lowest BCUT2D eigenvalue weighted by atomic mass is 9.90. The van der Waals surface area contributed by atoms with Gasteiger partial charge in [-0.3, -0.25) is 4.79 Å². The van der Waals surface area contributed by atoms with E-state index in [1.807, 2.05) is 18.2 Å². The summed E-state index contributed by atoms with van der Waals surface area (Å²) in [4.78, 5) is 12.9. The maximum atomic E-state index is 12.9. The van der Waals surface area contributed by atoms with Gasteiger partial charge >= 0.3 is 5.97 Å². The molecule has 2 fully saturated rings. The van der Waals surface area contributed by atoms with Gasteiger partial charge in [-0.25, -0.2) is 0 Å². The number of esters is 1. The predicted octanol–water partition coefficient (Wildman–Crippen LogP) is 6.06. The summed E-state index contributed by atoms with van der Waals surface area (Å²) < 4.78 is 18.6. The number of fused-ring (bicyclic) bond motifs is 4. The molecule has 5 heteroatoms. The predicted molar refractivity (Wildman–Crippen MR) is 135 cm³/mol. The molecule has 0 aromatic heterocycles. The van der Waals surface area contributed by atoms with Crippen LogP contribution in [-0.2, 0) is 19.0 Å². The van der Waals surface area contributed by atoms with E-state index < -0.39 is 6.10 Å². The summed E-state index contributed by atoms with van der Waals surface area (Å²) >= 11 is 0. The van der Waals surface area contributed by atoms with Crippen LogP contribution in [0.25, 0.3) is 0 Å². The van der Waals surface area contributed by atoms with Gasteiger partial charge in [0.25, 0.3) is 0 Å². The van der Waals surface area contributed by atoms with Crippen molar-refractivity contribution in [2.75, 3.05) is 0 Å². The molecule has 0 aliphatic carbocycles. The molecule has 4 unspecified atom stereocenters. The lowest BCUT2D eigenvalue weighted by molar-refractivity contribution is -0.161. The summed E-state index contributed by atoms with van der Waals surface area (Å²) in [5.41, 5.74) is 0. The summed E-state index contributed by atoms with van der Waals surface area (Å²) in [6.45, 7) is 6.52. The normalized spacial score (nSPS) is 39.2. The smallest absolute Gasteiger partial charge is 0.309 e. The Bertz CT molecular complexity index is 699. The lowest BCUT2D eigenvalue weighted by Gasteiger charge is -2.37. The highest BCUT2D eigenvalue weighted by molar-refractivity contribution is 5.70. The molecule has 8 atom stereocenters. The monoisotopic (exact) mass is 474 g/mol. The van der Waals surface area contributed by atoms with E-state index in [1.165, 1.54) is 19.3 Å². The van der Waals surface area contributed by atoms with Crippen LogP contribution in [0.5, 0.6) is 0 Å². The highest BCUT2D eigenvalue weighted by Gasteiger charge is 2.34. The topological polar surface area (TPSA) is 65.0 Å². The Balaban J connectivity index is 1.74. The molecule has 3 rings (SSSR count). The molecule has 3 heterocycles. The molecule has 0 spiro atoms. The number of ether oxygens (including phenoxy) is 3. The first-order valence-electron chi connectivity index (χ1n) is 13.6. The van der Waals surface area contributed by atoms with Gasteiger partial charge in [0, 0.05) is 12.3 Å². The Hall–Kier alpha value is -1.43. The van der Waals surface area contributed by atoms with Crippen LogP contribution < -0.4 is 0 Å². The standard InChI is InChI=1S/C29H46O5/c1-4-5-6-7-8-9-13-28-22(3)15-14-21(2)16-24-11-10-12-25(32-24)19-26-17-23(30)18-27(33-26)20-29(31)34-28/h7-9,13-15,21-28,30H,4-6,10-12,16-20H2,1-3H3/b8-7-,13-9+,15-14+/t21-,22-,23+,24+,25?,26?,27?,28?/m0/s1. The summed E-state index contributed by atoms with van der Waals surface area (Å²) in [6.07, 6.45) is 21.7. The van der Waals surface area contributed by atoms with Crippen LogP contribution in [0.3, 0.4) is 0 Å². The van der Waals surface area contributed by atoms with Crippen molar-refractivity contribution in [1.29, 1.82) is 0 Å². The van der Waals surface area contributed by atoms with Gasteiger partial charge in [0.1, 0.15) is 6.10 Å². The first kappa shape index (κ1) is 27.2. The van der Waals surface area contributed by atoms with Gasteiger partial charge in [0.05, 0.1) is 36.9 Å². The van der Waals surface area contributed by atoms with E-state index in [4.69, 9.17) is 14.2 Å². The van der Waals surface area contributed by atoms with Crippen molar-refractivity contribution in [1.82, 2.24) is 0 Å². The highest BCUT2D eigenvalue weighted by atomic mass is 16.6. The minimum atomic E-state index is -0.444. The van der Waals surface area contributed by atoms with Crippen LogP contribution in [0.1, 0.15) is 91.4 Å². The van der Waals surface area contributed by atoms with E-state index in [9.17, 15) is 9.90 Å². The van der Waals surface area contributed by atoms with Gasteiger partial charge in [-0.2, -0.15) is 0 Å². The van der Waals surface area contributed by atoms with Crippen molar-refractivity contribution in [2.24, 2.45) is 11.8 Å². The second kappa shape index (κ2) is 14.2. The van der Waals surface area contributed by atoms with E-state index >= 15 is 0 Å². The number of hydrogen-bond acceptors (Lipinski definition) is 5. The molecule has 34 heavy (non-hydrogen) atoms. The van der Waals surface area contributed by atoms with E-state index in [-0.39, 0.29) is 48.8 Å². The summed E-state index contributed by atoms with van der Waals surface area (Å²) in [5.74, 6) is 0.188. The lowest BCUT2D eigenvalue weighted by Crippen LogP contribution is -2.40. The van der Waals surface area contributed by atoms with E-state index in [1.54, 1.807) is 0 Å². The summed E-state index contributed by atoms with van der Waals surface area (Å²) in [6, 6.07) is 0. The number of aliphatic hydroxyl groups is 1. The number of unbranched alkanes of at least 4 members (excludes halogenated alkanes) is 2. The van der Waals surface area contributed by atoms with Crippen molar-refractivity contribution in [3.8, 4) is 0 Å². The molecule has 4 bridgehead atoms. The van der Waals surface area contributed by atoms with Gasteiger partial charge in [0.2, 0.25) is 0 Å². The van der Waals surface area contributed by atoms with Crippen LogP contribution in [0.4, 0.5) is 0 Å². The fraction of sp³-hybridized carbons (Fsp3) is 0.759. The maximum Gasteiger partial charge on any atom is 0.309 e. The molecular weight excluding hydrogens is 428 g/mol. The zero-order valence-corrected chi connectivity index (χ0v) is 21.4. The molecule has 0 aromatic rings. The zero-order valence-electron chi connectivity index (χ0n) is 21.4. The van der Waals surface area contributed by atoms with Crippen LogP contribution in [0.15, 0.2) is 36.5 Å². The van der Waals surface area contributed by atoms with Gasteiger partial charge in [-0.05, 0) is 56.9 Å². The Morgan fingerprint density at radius 2 is 1.71 bits per heavy atom. The molecular formula is C29H46O5. The van der Waals surface area contributed by atoms with Crippen LogP contribution in [0.2, 0.25) is 0 Å². The van der Waals surface area contributed by atoms with Crippen molar-refractivity contribution in [3.05, 3.63) is 36.5 Å². The van der Waals surface area contributed by atoms with E-state index in [0.29, 0.717) is 18.8 Å². The average Bonchev–Trinajstić information content (AvgIpc) is 2.78. The molecule has 0 saturated carbocycles. The molecule has 1 N–H and O–H groups in total. The van der Waals surface area contributed by atoms with Crippen molar-refractivity contribution >= 4 is 5.97 Å². The Labute approximate surface area is 206 Å². The molecule has 2 saturated heterocycles. The van der Waals surface area contributed by atoms with Crippen LogP contribution in [-0.4, -0.2) is 47.7 Å². The minimum absolute atomic E-state index is 0.0604. The second-order valence-corrected chi connectivity index (χ2v) is 10.6. The van der Waals surface area contributed by atoms with Gasteiger partial charge in [-0.15, -0.1) is 0 Å². The number of carbonyl (C=O) groups excluding carboxylic acids is 1. The summed E-state index contributed by atoms with van der Waals surface area (Å²) in [7, 11) is 0. The first-order chi connectivity index (χ1) is 16.4. The number of carbonyl (C=O) groups is 1. The Morgan fingerprint density at radius 1 is 0.971 bits per heavy atom. The number of cyclic esters (lactones) is 1. The first-order valence-corrected chi connectivity index (χ1v) is 13.6. The van der Waals surface area contributed by atoms with Crippen LogP contribution in [0, 0.1) is 11.8 Å². The number of aliphatic hydroxyl groups excluding tert-OH is 1. The van der Waals surface area contributed by atoms with Gasteiger partial charge < -0.3 is 19.3 Å². The molecule has 192 valence electrons. The van der Waals surface area contributed by atoms with Gasteiger partial charge in [0.15, 0.2) is 0 Å². The third kappa shape index (κ3) is 9.31. The third-order valence-corrected chi connectivity index (χ3v) is 7.25. The zero-order chi connectivity index (χ0) is 24.3. The minimum Gasteiger partial charge on any atom is -0.457 e. The van der Waals surface area contributed by atoms with Crippen molar-refractivity contribution in [2.45, 2.75) is 128 Å². The molecule has 0 amide bonds. The maximum absolute atomic E-state index is 12.9. The number of rotatable bonds is 5. The fourth-order valence-electron chi connectivity index (χ4n) is 5.34. The van der Waals surface area contributed by atoms with Gasteiger partial charge in [-0.1, -0.05) is 64.0 Å². The molecule has 0 aromatic carbocycles. The molecule has 5 nitrogen and oxygen atoms in total. The Morgan fingerprint density at radius 3 is 2.50 bits per heavy atom. The largest absolute Gasteiger partial charge is 0.457 e. The molecule has 3 aliphatic rings. The Kier molecular flexibility index (Phi) is 11.4. The summed E-state index contributed by atoms with van der Waals surface area (Å²) in [5, 5.41) is 10.4. The van der Waals surface area contributed by atoms with Crippen LogP contribution >= 0.6 is 0 Å². The highest BCUT2D eigenvalue weighted by Crippen LogP contribution is 2.31. The average molecular weight is 475 g/mol. The number of hydrogen-bond donors (Lipinski definition) is 1. The second-order valence-electron chi connectivity index (χ2n) is 10.6.